The number of amides is 1. The number of aliphatic hydroxyl groups is 1. The Balaban J connectivity index is 0.000000261. The van der Waals surface area contributed by atoms with Gasteiger partial charge in [-0.15, -0.1) is 0 Å². The Morgan fingerprint density at radius 1 is 1.14 bits per heavy atom. The van der Waals surface area contributed by atoms with Crippen molar-refractivity contribution in [2.24, 2.45) is 0 Å². The molecule has 1 fully saturated rings. The van der Waals surface area contributed by atoms with E-state index < -0.39 is 17.5 Å². The van der Waals surface area contributed by atoms with Gasteiger partial charge in [0.05, 0.1) is 12.1 Å². The number of likely N-dealkylation sites (tertiary alicyclic amines) is 1. The molecular formula is C21H25F3N2O2. The van der Waals surface area contributed by atoms with E-state index in [1.54, 1.807) is 11.8 Å². The third kappa shape index (κ3) is 6.07. The minimum atomic E-state index is -1.42. The molecule has 2 aromatic carbocycles. The molecule has 1 heterocycles. The Hall–Kier alpha value is -2.38. The number of β-amino-alcohol motifs (C(OH)–C–C–N with tert-alkyl or cyclic N) is 1. The molecule has 1 N–H and O–H groups in total. The quantitative estimate of drug-likeness (QED) is 0.809. The van der Waals surface area contributed by atoms with E-state index in [1.807, 2.05) is 25.2 Å². The van der Waals surface area contributed by atoms with Crippen LogP contribution < -0.4 is 0 Å². The maximum absolute atomic E-state index is 12.0. The zero-order chi connectivity index (χ0) is 20.7. The molecule has 152 valence electrons. The second kappa shape index (κ2) is 10.2. The Morgan fingerprint density at radius 2 is 1.75 bits per heavy atom. The maximum Gasteiger partial charge on any atom is 0.219 e. The van der Waals surface area contributed by atoms with Crippen LogP contribution in [0, 0.1) is 17.5 Å². The second-order valence-corrected chi connectivity index (χ2v) is 6.79. The number of nitrogens with zero attached hydrogens (tertiary/aromatic N) is 2. The Bertz CT molecular complexity index is 753. The summed E-state index contributed by atoms with van der Waals surface area (Å²) in [6, 6.07) is 12.9. The van der Waals surface area contributed by atoms with Gasteiger partial charge in [0, 0.05) is 33.6 Å². The highest BCUT2D eigenvalue weighted by atomic mass is 19.2. The lowest BCUT2D eigenvalue weighted by Gasteiger charge is -2.31. The van der Waals surface area contributed by atoms with Gasteiger partial charge in [-0.2, -0.15) is 0 Å². The summed E-state index contributed by atoms with van der Waals surface area (Å²) in [6.45, 7) is 3.97. The van der Waals surface area contributed by atoms with E-state index in [0.717, 1.165) is 43.3 Å². The first kappa shape index (κ1) is 21.9. The van der Waals surface area contributed by atoms with Crippen molar-refractivity contribution in [3.05, 3.63) is 71.5 Å². The molecule has 2 atom stereocenters. The molecule has 1 aliphatic rings. The highest BCUT2D eigenvalue weighted by Gasteiger charge is 2.26. The van der Waals surface area contributed by atoms with Crippen molar-refractivity contribution < 1.29 is 23.1 Å². The van der Waals surface area contributed by atoms with Crippen LogP contribution in [0.25, 0.3) is 0 Å². The van der Waals surface area contributed by atoms with Gasteiger partial charge in [-0.05, 0) is 24.1 Å². The first-order valence-corrected chi connectivity index (χ1v) is 9.08. The lowest BCUT2D eigenvalue weighted by molar-refractivity contribution is -0.130. The molecule has 0 spiro atoms. The number of hydrogen-bond donors (Lipinski definition) is 1. The zero-order valence-corrected chi connectivity index (χ0v) is 16.0. The van der Waals surface area contributed by atoms with Crippen LogP contribution in [0.2, 0.25) is 0 Å². The van der Waals surface area contributed by atoms with Crippen LogP contribution in [0.1, 0.15) is 24.9 Å². The average Bonchev–Trinajstić information content (AvgIpc) is 3.09. The number of likely N-dealkylation sites (N-methyl/N-ethyl adjacent to an activating group) is 1. The maximum atomic E-state index is 12.0. The summed E-state index contributed by atoms with van der Waals surface area (Å²) < 4.78 is 35.9. The standard InChI is InChI=1S/C15H22N2O2.C6H3F3/c1-12(18)16(2)15(13-6-4-3-5-7-13)11-17-9-8-14(19)10-17;7-4-2-1-3-5(8)6(4)9/h3-7,14-15,19H,8-11H2,1-2H3;1-3H. The van der Waals surface area contributed by atoms with Crippen molar-refractivity contribution in [3.8, 4) is 0 Å². The second-order valence-electron chi connectivity index (χ2n) is 6.79. The predicted molar refractivity (Wildman–Crippen MR) is 101 cm³/mol. The minimum absolute atomic E-state index is 0.0454. The fraction of sp³-hybridized carbons (Fsp3) is 0.381. The Labute approximate surface area is 163 Å². The van der Waals surface area contributed by atoms with Gasteiger partial charge >= 0.3 is 0 Å². The van der Waals surface area contributed by atoms with Crippen molar-refractivity contribution in [1.29, 1.82) is 0 Å². The molecule has 3 rings (SSSR count). The van der Waals surface area contributed by atoms with Gasteiger partial charge in [0.15, 0.2) is 17.5 Å². The topological polar surface area (TPSA) is 43.8 Å². The van der Waals surface area contributed by atoms with Crippen LogP contribution in [-0.2, 0) is 4.79 Å². The van der Waals surface area contributed by atoms with E-state index in [9.17, 15) is 23.1 Å². The lowest BCUT2D eigenvalue weighted by atomic mass is 10.1. The Morgan fingerprint density at radius 3 is 2.21 bits per heavy atom. The molecule has 1 aliphatic heterocycles. The fourth-order valence-electron chi connectivity index (χ4n) is 3.05. The minimum Gasteiger partial charge on any atom is -0.392 e. The number of carbonyl (C=O) groups excluding carboxylic acids is 1. The number of halogens is 3. The van der Waals surface area contributed by atoms with E-state index >= 15 is 0 Å². The molecule has 1 amide bonds. The fourth-order valence-corrected chi connectivity index (χ4v) is 3.05. The third-order valence-electron chi connectivity index (χ3n) is 4.73. The zero-order valence-electron chi connectivity index (χ0n) is 16.0. The summed E-state index contributed by atoms with van der Waals surface area (Å²) in [5.74, 6) is -3.67. The lowest BCUT2D eigenvalue weighted by Crippen LogP contribution is -2.38. The molecule has 1 saturated heterocycles. The van der Waals surface area contributed by atoms with E-state index in [-0.39, 0.29) is 18.1 Å². The Kier molecular flexibility index (Phi) is 8.02. The molecule has 0 aliphatic carbocycles. The van der Waals surface area contributed by atoms with E-state index in [2.05, 4.69) is 17.0 Å². The van der Waals surface area contributed by atoms with Gasteiger partial charge in [-0.25, -0.2) is 13.2 Å². The van der Waals surface area contributed by atoms with Crippen molar-refractivity contribution in [2.75, 3.05) is 26.7 Å². The van der Waals surface area contributed by atoms with Crippen LogP contribution in [0.3, 0.4) is 0 Å². The van der Waals surface area contributed by atoms with Gasteiger partial charge in [0.2, 0.25) is 5.91 Å². The van der Waals surface area contributed by atoms with E-state index in [0.29, 0.717) is 6.54 Å². The van der Waals surface area contributed by atoms with Crippen molar-refractivity contribution in [2.45, 2.75) is 25.5 Å². The summed E-state index contributed by atoms with van der Waals surface area (Å²) in [7, 11) is 1.84. The first-order valence-electron chi connectivity index (χ1n) is 9.08. The van der Waals surface area contributed by atoms with Crippen LogP contribution in [-0.4, -0.2) is 53.6 Å². The smallest absolute Gasteiger partial charge is 0.219 e. The molecule has 0 aromatic heterocycles. The highest BCUT2D eigenvalue weighted by molar-refractivity contribution is 5.73. The molecular weight excluding hydrogens is 369 g/mol. The summed E-state index contributed by atoms with van der Waals surface area (Å²) >= 11 is 0. The number of carbonyl (C=O) groups is 1. The normalized spacial score (nSPS) is 17.6. The van der Waals surface area contributed by atoms with Gasteiger partial charge < -0.3 is 10.0 Å². The van der Waals surface area contributed by atoms with Gasteiger partial charge in [-0.1, -0.05) is 36.4 Å². The molecule has 2 unspecified atom stereocenters. The largest absolute Gasteiger partial charge is 0.392 e. The number of aliphatic hydroxyl groups excluding tert-OH is 1. The molecule has 0 bridgehead atoms. The monoisotopic (exact) mass is 394 g/mol. The van der Waals surface area contributed by atoms with E-state index in [1.165, 1.54) is 0 Å². The first-order chi connectivity index (χ1) is 13.3. The number of hydrogen-bond acceptors (Lipinski definition) is 3. The van der Waals surface area contributed by atoms with E-state index in [4.69, 9.17) is 0 Å². The highest BCUT2D eigenvalue weighted by Crippen LogP contribution is 2.23. The molecule has 0 saturated carbocycles. The van der Waals surface area contributed by atoms with Crippen molar-refractivity contribution in [1.82, 2.24) is 9.80 Å². The summed E-state index contributed by atoms with van der Waals surface area (Å²) in [4.78, 5) is 15.7. The van der Waals surface area contributed by atoms with Gasteiger partial charge in [-0.3, -0.25) is 9.69 Å². The predicted octanol–water partition coefficient (Wildman–Crippen LogP) is 3.38. The number of rotatable bonds is 4. The van der Waals surface area contributed by atoms with Crippen LogP contribution in [0.4, 0.5) is 13.2 Å². The molecule has 7 heteroatoms. The van der Waals surface area contributed by atoms with Gasteiger partial charge in [0.25, 0.3) is 0 Å². The molecule has 4 nitrogen and oxygen atoms in total. The van der Waals surface area contributed by atoms with Crippen LogP contribution in [0.5, 0.6) is 0 Å². The van der Waals surface area contributed by atoms with Crippen molar-refractivity contribution in [3.63, 3.8) is 0 Å². The summed E-state index contributed by atoms with van der Waals surface area (Å²) in [5.41, 5.74) is 1.14. The SMILES string of the molecule is CC(=O)N(C)C(CN1CCC(O)C1)c1ccccc1.Fc1cccc(F)c1F. The molecule has 2 aromatic rings. The van der Waals surface area contributed by atoms with Gasteiger partial charge in [0.1, 0.15) is 0 Å². The molecule has 28 heavy (non-hydrogen) atoms. The summed E-state index contributed by atoms with van der Waals surface area (Å²) in [5, 5.41) is 9.61. The van der Waals surface area contributed by atoms with Crippen LogP contribution >= 0.6 is 0 Å². The van der Waals surface area contributed by atoms with Crippen LogP contribution in [0.15, 0.2) is 48.5 Å². The van der Waals surface area contributed by atoms with Crippen molar-refractivity contribution >= 4 is 5.91 Å². The average molecular weight is 394 g/mol. The molecule has 0 radical (unpaired) electrons. The number of benzene rings is 2. The summed E-state index contributed by atoms with van der Waals surface area (Å²) in [6.07, 6.45) is 0.602. The third-order valence-corrected chi connectivity index (χ3v) is 4.73.